The lowest BCUT2D eigenvalue weighted by atomic mass is 10.0. The number of urea groups is 1. The average Bonchev–Trinajstić information content (AvgIpc) is 2.45. The van der Waals surface area contributed by atoms with E-state index in [1.54, 1.807) is 11.8 Å². The van der Waals surface area contributed by atoms with E-state index in [9.17, 15) is 9.59 Å². The second kappa shape index (κ2) is 5.18. The van der Waals surface area contributed by atoms with E-state index >= 15 is 0 Å². The van der Waals surface area contributed by atoms with Gasteiger partial charge in [0.2, 0.25) is 0 Å². The molecule has 2 amide bonds. The number of amides is 2. The zero-order chi connectivity index (χ0) is 12.3. The molecule has 0 saturated carbocycles. The molecule has 1 heterocycles. The molecule has 2 unspecified atom stereocenters. The predicted octanol–water partition coefficient (Wildman–Crippen LogP) is 1.15. The van der Waals surface area contributed by atoms with Crippen LogP contribution in [0, 0.1) is 11.8 Å². The van der Waals surface area contributed by atoms with Gasteiger partial charge < -0.3 is 15.3 Å². The Morgan fingerprint density at radius 2 is 2.19 bits per heavy atom. The normalized spacial score (nSPS) is 22.4. The minimum Gasteiger partial charge on any atom is -0.481 e. The Morgan fingerprint density at radius 1 is 1.56 bits per heavy atom. The smallest absolute Gasteiger partial charge is 0.317 e. The summed E-state index contributed by atoms with van der Waals surface area (Å²) in [7, 11) is 0. The molecule has 1 rings (SSSR count). The number of rotatable bonds is 5. The molecule has 5 nitrogen and oxygen atoms in total. The summed E-state index contributed by atoms with van der Waals surface area (Å²) in [6, 6.07) is 0.0206. The predicted molar refractivity (Wildman–Crippen MR) is 60.1 cm³/mol. The number of nitrogens with one attached hydrogen (secondary N) is 1. The van der Waals surface area contributed by atoms with Crippen LogP contribution >= 0.6 is 0 Å². The first kappa shape index (κ1) is 12.8. The Bertz CT molecular complexity index is 278. The lowest BCUT2D eigenvalue weighted by Gasteiger charge is -2.17. The minimum absolute atomic E-state index is 0.140. The maximum absolute atomic E-state index is 11.5. The number of nitrogens with zero attached hydrogens (tertiary/aromatic N) is 1. The van der Waals surface area contributed by atoms with E-state index in [1.165, 1.54) is 0 Å². The van der Waals surface area contributed by atoms with Crippen molar-refractivity contribution in [2.45, 2.75) is 33.2 Å². The molecule has 92 valence electrons. The molecule has 1 aliphatic heterocycles. The topological polar surface area (TPSA) is 69.6 Å². The van der Waals surface area contributed by atoms with Crippen molar-refractivity contribution in [3.05, 3.63) is 0 Å². The zero-order valence-electron chi connectivity index (χ0n) is 10.1. The molecule has 0 spiro atoms. The average molecular weight is 228 g/mol. The number of hydrogen-bond acceptors (Lipinski definition) is 2. The molecule has 1 fully saturated rings. The molecule has 2 N–H and O–H groups in total. The van der Waals surface area contributed by atoms with Crippen molar-refractivity contribution < 1.29 is 14.7 Å². The second-order valence-corrected chi connectivity index (χ2v) is 4.92. The van der Waals surface area contributed by atoms with Crippen LogP contribution in [0.3, 0.4) is 0 Å². The number of carboxylic acids is 1. The Labute approximate surface area is 95.8 Å². The summed E-state index contributed by atoms with van der Waals surface area (Å²) in [4.78, 5) is 23.8. The first-order chi connectivity index (χ1) is 7.40. The van der Waals surface area contributed by atoms with Crippen molar-refractivity contribution in [1.82, 2.24) is 10.2 Å². The number of aliphatic carboxylic acids is 1. The van der Waals surface area contributed by atoms with E-state index in [0.717, 1.165) is 6.42 Å². The monoisotopic (exact) mass is 228 g/mol. The Balaban J connectivity index is 2.45. The van der Waals surface area contributed by atoms with Gasteiger partial charge in [0.1, 0.15) is 0 Å². The summed E-state index contributed by atoms with van der Waals surface area (Å²) < 4.78 is 0. The number of carbonyl (C=O) groups excluding carboxylic acids is 1. The van der Waals surface area contributed by atoms with E-state index in [1.807, 2.05) is 0 Å². The highest BCUT2D eigenvalue weighted by atomic mass is 16.4. The van der Waals surface area contributed by atoms with Gasteiger partial charge in [-0.25, -0.2) is 4.79 Å². The standard InChI is InChI=1S/C11H20N2O3/c1-7(2)4-9-6-13(11(16)12-9)5-8(3)10(14)15/h7-9H,4-6H2,1-3H3,(H,12,16)(H,14,15). The van der Waals surface area contributed by atoms with Crippen molar-refractivity contribution in [3.8, 4) is 0 Å². The third-order valence-corrected chi connectivity index (χ3v) is 2.73. The molecule has 1 saturated heterocycles. The molecule has 0 aliphatic carbocycles. The lowest BCUT2D eigenvalue weighted by molar-refractivity contribution is -0.141. The Morgan fingerprint density at radius 3 is 2.69 bits per heavy atom. The van der Waals surface area contributed by atoms with Gasteiger partial charge in [-0.15, -0.1) is 0 Å². The van der Waals surface area contributed by atoms with Gasteiger partial charge >= 0.3 is 12.0 Å². The minimum atomic E-state index is -0.861. The highest BCUT2D eigenvalue weighted by molar-refractivity contribution is 5.78. The molecule has 16 heavy (non-hydrogen) atoms. The third kappa shape index (κ3) is 3.40. The van der Waals surface area contributed by atoms with Crippen molar-refractivity contribution in [2.75, 3.05) is 13.1 Å². The van der Waals surface area contributed by atoms with Gasteiger partial charge in [0.15, 0.2) is 0 Å². The van der Waals surface area contributed by atoms with Crippen molar-refractivity contribution >= 4 is 12.0 Å². The molecule has 0 aromatic heterocycles. The first-order valence-corrected chi connectivity index (χ1v) is 5.68. The molecule has 0 aromatic rings. The van der Waals surface area contributed by atoms with Crippen LogP contribution in [0.1, 0.15) is 27.2 Å². The summed E-state index contributed by atoms with van der Waals surface area (Å²) in [5, 5.41) is 11.7. The van der Waals surface area contributed by atoms with Crippen molar-refractivity contribution in [3.63, 3.8) is 0 Å². The fourth-order valence-corrected chi connectivity index (χ4v) is 1.93. The second-order valence-electron chi connectivity index (χ2n) is 4.92. The van der Waals surface area contributed by atoms with Crippen LogP contribution in [0.25, 0.3) is 0 Å². The number of carbonyl (C=O) groups is 2. The number of carboxylic acid groups (broad SMARTS) is 1. The van der Waals surface area contributed by atoms with Crippen LogP contribution in [-0.4, -0.2) is 41.1 Å². The Hall–Kier alpha value is -1.26. The van der Waals surface area contributed by atoms with E-state index < -0.39 is 11.9 Å². The summed E-state index contributed by atoms with van der Waals surface area (Å²) in [5.74, 6) is -0.842. The van der Waals surface area contributed by atoms with Crippen LogP contribution in [0.5, 0.6) is 0 Å². The van der Waals surface area contributed by atoms with E-state index in [-0.39, 0.29) is 18.6 Å². The summed E-state index contributed by atoms with van der Waals surface area (Å²) in [5.41, 5.74) is 0. The zero-order valence-corrected chi connectivity index (χ0v) is 10.1. The number of hydrogen-bond donors (Lipinski definition) is 2. The van der Waals surface area contributed by atoms with Gasteiger partial charge in [0.25, 0.3) is 0 Å². The van der Waals surface area contributed by atoms with Gasteiger partial charge in [-0.3, -0.25) is 4.79 Å². The third-order valence-electron chi connectivity index (χ3n) is 2.73. The molecule has 0 aromatic carbocycles. The van der Waals surface area contributed by atoms with Crippen molar-refractivity contribution in [1.29, 1.82) is 0 Å². The molecule has 0 bridgehead atoms. The maximum Gasteiger partial charge on any atom is 0.317 e. The SMILES string of the molecule is CC(C)CC1CN(CC(C)C(=O)O)C(=O)N1. The molecule has 1 aliphatic rings. The Kier molecular flexibility index (Phi) is 4.15. The molecule has 0 radical (unpaired) electrons. The van der Waals surface area contributed by atoms with Gasteiger partial charge in [0, 0.05) is 19.1 Å². The fourth-order valence-electron chi connectivity index (χ4n) is 1.93. The molecular formula is C11H20N2O3. The van der Waals surface area contributed by atoms with Gasteiger partial charge in [-0.1, -0.05) is 20.8 Å². The van der Waals surface area contributed by atoms with Gasteiger partial charge in [-0.05, 0) is 12.3 Å². The van der Waals surface area contributed by atoms with Crippen LogP contribution in [0.15, 0.2) is 0 Å². The summed E-state index contributed by atoms with van der Waals surface area (Å²) in [6.07, 6.45) is 0.934. The maximum atomic E-state index is 11.5. The quantitative estimate of drug-likeness (QED) is 0.741. The highest BCUT2D eigenvalue weighted by Gasteiger charge is 2.30. The first-order valence-electron chi connectivity index (χ1n) is 5.68. The van der Waals surface area contributed by atoms with Gasteiger partial charge in [0.05, 0.1) is 5.92 Å². The van der Waals surface area contributed by atoms with Gasteiger partial charge in [-0.2, -0.15) is 0 Å². The highest BCUT2D eigenvalue weighted by Crippen LogP contribution is 2.13. The van der Waals surface area contributed by atoms with E-state index in [2.05, 4.69) is 19.2 Å². The molecule has 5 heteroatoms. The fraction of sp³-hybridized carbons (Fsp3) is 0.818. The molecular weight excluding hydrogens is 208 g/mol. The van der Waals surface area contributed by atoms with Crippen molar-refractivity contribution in [2.24, 2.45) is 11.8 Å². The van der Waals surface area contributed by atoms with E-state index in [4.69, 9.17) is 5.11 Å². The van der Waals surface area contributed by atoms with Crippen LogP contribution < -0.4 is 5.32 Å². The summed E-state index contributed by atoms with van der Waals surface area (Å²) in [6.45, 7) is 6.74. The van der Waals surface area contributed by atoms with Crippen LogP contribution in [-0.2, 0) is 4.79 Å². The van der Waals surface area contributed by atoms with E-state index in [0.29, 0.717) is 12.5 Å². The largest absolute Gasteiger partial charge is 0.481 e. The summed E-state index contributed by atoms with van der Waals surface area (Å²) >= 11 is 0. The lowest BCUT2D eigenvalue weighted by Crippen LogP contribution is -2.34. The van der Waals surface area contributed by atoms with Crippen LogP contribution in [0.2, 0.25) is 0 Å². The van der Waals surface area contributed by atoms with Crippen LogP contribution in [0.4, 0.5) is 4.79 Å². The molecule has 2 atom stereocenters.